The van der Waals surface area contributed by atoms with Crippen LogP contribution >= 0.6 is 11.8 Å². The molecule has 142 valence electrons. The van der Waals surface area contributed by atoms with Gasteiger partial charge in [0, 0.05) is 11.4 Å². The summed E-state index contributed by atoms with van der Waals surface area (Å²) in [5, 5.41) is 0.550. The number of thioether (sulfide) groups is 1. The van der Waals surface area contributed by atoms with Gasteiger partial charge in [0.05, 0.1) is 30.4 Å². The van der Waals surface area contributed by atoms with Crippen LogP contribution in [0.25, 0.3) is 0 Å². The Balaban J connectivity index is 1.88. The van der Waals surface area contributed by atoms with Gasteiger partial charge in [0.15, 0.2) is 11.5 Å². The Labute approximate surface area is 165 Å². The molecule has 6 nitrogen and oxygen atoms in total. The lowest BCUT2D eigenvalue weighted by molar-refractivity contribution is 0.0933. The maximum atomic E-state index is 13.2. The van der Waals surface area contributed by atoms with Crippen LogP contribution < -0.4 is 9.64 Å². The molecular formula is C21H17NO5S. The minimum atomic E-state index is -0.480. The lowest BCUT2D eigenvalue weighted by atomic mass is 10.0. The summed E-state index contributed by atoms with van der Waals surface area (Å²) in [5.41, 5.74) is 0.937. The third-order valence-electron chi connectivity index (χ3n) is 4.38. The van der Waals surface area contributed by atoms with Crippen LogP contribution in [0.1, 0.15) is 28.0 Å². The van der Waals surface area contributed by atoms with Crippen LogP contribution in [0, 0.1) is 0 Å². The Morgan fingerprint density at radius 3 is 2.18 bits per heavy atom. The average Bonchev–Trinajstić information content (AvgIpc) is 3.47. The summed E-state index contributed by atoms with van der Waals surface area (Å²) in [7, 11) is 1.60. The summed E-state index contributed by atoms with van der Waals surface area (Å²) in [6.45, 7) is 2.55. The number of furan rings is 2. The molecule has 0 spiro atoms. The second kappa shape index (κ2) is 7.44. The Morgan fingerprint density at radius 2 is 1.68 bits per heavy atom. The Bertz CT molecular complexity index is 1000. The van der Waals surface area contributed by atoms with E-state index in [-0.39, 0.29) is 17.1 Å². The fraction of sp³-hybridized carbons (Fsp3) is 0.143. The molecule has 3 aromatic rings. The van der Waals surface area contributed by atoms with Crippen molar-refractivity contribution in [3.63, 3.8) is 0 Å². The smallest absolute Gasteiger partial charge is 0.234 e. The number of ketones is 2. The first-order valence-corrected chi connectivity index (χ1v) is 9.49. The van der Waals surface area contributed by atoms with E-state index in [4.69, 9.17) is 13.6 Å². The molecule has 28 heavy (non-hydrogen) atoms. The second-order valence-electron chi connectivity index (χ2n) is 5.97. The van der Waals surface area contributed by atoms with Crippen LogP contribution in [-0.4, -0.2) is 25.2 Å². The van der Waals surface area contributed by atoms with Crippen LogP contribution in [0.2, 0.25) is 0 Å². The van der Waals surface area contributed by atoms with Crippen molar-refractivity contribution in [1.29, 1.82) is 0 Å². The van der Waals surface area contributed by atoms with Crippen molar-refractivity contribution in [1.82, 2.24) is 0 Å². The Kier molecular flexibility index (Phi) is 4.83. The molecule has 0 saturated heterocycles. The van der Waals surface area contributed by atoms with Crippen molar-refractivity contribution in [3.8, 4) is 5.75 Å². The summed E-state index contributed by atoms with van der Waals surface area (Å²) in [6, 6.07) is 12.0. The molecule has 1 aliphatic heterocycles. The first kappa shape index (κ1) is 18.2. The van der Waals surface area contributed by atoms with Crippen LogP contribution in [-0.2, 0) is 0 Å². The van der Waals surface area contributed by atoms with Gasteiger partial charge in [-0.25, -0.2) is 0 Å². The fourth-order valence-electron chi connectivity index (χ4n) is 3.05. The van der Waals surface area contributed by atoms with Crippen molar-refractivity contribution in [2.75, 3.05) is 18.6 Å². The molecule has 0 radical (unpaired) electrons. The third kappa shape index (κ3) is 3.03. The number of carbonyl (C=O) groups excluding carboxylic acids is 2. The number of carbonyl (C=O) groups is 2. The first-order chi connectivity index (χ1) is 13.6. The van der Waals surface area contributed by atoms with Crippen molar-refractivity contribution in [3.05, 3.63) is 77.1 Å². The monoisotopic (exact) mass is 395 g/mol. The minimum Gasteiger partial charge on any atom is -0.497 e. The van der Waals surface area contributed by atoms with Crippen molar-refractivity contribution in [2.45, 2.75) is 11.8 Å². The van der Waals surface area contributed by atoms with E-state index >= 15 is 0 Å². The van der Waals surface area contributed by atoms with E-state index in [1.54, 1.807) is 31.4 Å². The molecule has 0 saturated carbocycles. The number of fused-ring (bicyclic) bond motifs is 1. The van der Waals surface area contributed by atoms with Crippen LogP contribution in [0.4, 0.5) is 5.69 Å². The van der Waals surface area contributed by atoms with Gasteiger partial charge in [0.1, 0.15) is 11.3 Å². The fourth-order valence-corrected chi connectivity index (χ4v) is 4.35. The van der Waals surface area contributed by atoms with E-state index in [1.807, 2.05) is 30.0 Å². The van der Waals surface area contributed by atoms with E-state index in [2.05, 4.69) is 0 Å². The quantitative estimate of drug-likeness (QED) is 0.257. The number of methoxy groups -OCH3 is 1. The molecule has 1 aromatic carbocycles. The average molecular weight is 395 g/mol. The van der Waals surface area contributed by atoms with Gasteiger partial charge < -0.3 is 18.5 Å². The van der Waals surface area contributed by atoms with E-state index < -0.39 is 11.6 Å². The molecular weight excluding hydrogens is 378 g/mol. The number of allylic oxidation sites excluding steroid dienone is 1. The molecule has 0 aliphatic carbocycles. The third-order valence-corrected chi connectivity index (χ3v) is 5.55. The van der Waals surface area contributed by atoms with Crippen molar-refractivity contribution < 1.29 is 23.2 Å². The van der Waals surface area contributed by atoms with E-state index in [0.717, 1.165) is 10.6 Å². The molecule has 1 aliphatic rings. The maximum absolute atomic E-state index is 13.2. The van der Waals surface area contributed by atoms with E-state index in [1.165, 1.54) is 24.3 Å². The van der Waals surface area contributed by atoms with Gasteiger partial charge in [0.2, 0.25) is 11.6 Å². The molecule has 0 bridgehead atoms. The summed E-state index contributed by atoms with van der Waals surface area (Å²) in [5.74, 6) is -0.0424. The number of Topliss-reactive ketones (excluding diaryl/α,β-unsaturated/α-hetero) is 2. The van der Waals surface area contributed by atoms with Crippen LogP contribution in [0.3, 0.4) is 0 Å². The number of rotatable bonds is 6. The molecule has 7 heteroatoms. The van der Waals surface area contributed by atoms with Gasteiger partial charge in [-0.1, -0.05) is 11.8 Å². The zero-order valence-electron chi connectivity index (χ0n) is 15.3. The zero-order chi connectivity index (χ0) is 19.7. The van der Waals surface area contributed by atoms with Crippen molar-refractivity contribution >= 4 is 29.0 Å². The molecule has 0 N–H and O–H groups in total. The van der Waals surface area contributed by atoms with Gasteiger partial charge >= 0.3 is 0 Å². The van der Waals surface area contributed by atoms with Gasteiger partial charge in [-0.15, -0.1) is 0 Å². The summed E-state index contributed by atoms with van der Waals surface area (Å²) in [6.07, 6.45) is 2.82. The Morgan fingerprint density at radius 1 is 1.04 bits per heavy atom. The number of ether oxygens (including phenoxy) is 1. The number of hydrogen-bond donors (Lipinski definition) is 0. The molecule has 2 aromatic heterocycles. The minimum absolute atomic E-state index is 0.0203. The summed E-state index contributed by atoms with van der Waals surface area (Å²) in [4.78, 5) is 29.2. The lowest BCUT2D eigenvalue weighted by Gasteiger charge is -2.20. The van der Waals surface area contributed by atoms with Gasteiger partial charge in [-0.2, -0.15) is 0 Å². The highest BCUT2D eigenvalue weighted by atomic mass is 32.2. The van der Waals surface area contributed by atoms with Gasteiger partial charge in [-0.05, 0) is 49.4 Å². The van der Waals surface area contributed by atoms with Gasteiger partial charge in [-0.3, -0.25) is 9.59 Å². The first-order valence-electron chi connectivity index (χ1n) is 8.68. The zero-order valence-corrected chi connectivity index (χ0v) is 16.1. The number of anilines is 1. The number of hydrogen-bond acceptors (Lipinski definition) is 7. The highest BCUT2D eigenvalue weighted by Gasteiger charge is 2.35. The van der Waals surface area contributed by atoms with Crippen LogP contribution in [0.5, 0.6) is 5.75 Å². The summed E-state index contributed by atoms with van der Waals surface area (Å²) < 4.78 is 15.8. The van der Waals surface area contributed by atoms with E-state index in [0.29, 0.717) is 17.3 Å². The number of benzene rings is 1. The topological polar surface area (TPSA) is 72.9 Å². The number of nitrogens with zero attached hydrogens (tertiary/aromatic N) is 1. The molecule has 0 unspecified atom stereocenters. The standard InChI is InChI=1S/C21H17NO5S/c1-3-22-14-9-8-13(25-2)12-17(14)28-21(22)18(19(23)15-6-4-10-26-15)20(24)16-7-5-11-27-16/h4-12H,3H2,1-2H3. The highest BCUT2D eigenvalue weighted by Crippen LogP contribution is 2.49. The second-order valence-corrected chi connectivity index (χ2v) is 7.00. The highest BCUT2D eigenvalue weighted by molar-refractivity contribution is 8.03. The maximum Gasteiger partial charge on any atom is 0.234 e. The molecule has 4 rings (SSSR count). The predicted octanol–water partition coefficient (Wildman–Crippen LogP) is 4.79. The van der Waals surface area contributed by atoms with Gasteiger partial charge in [0.25, 0.3) is 0 Å². The SMILES string of the molecule is CCN1C(=C(C(=O)c2ccco2)C(=O)c2ccco2)Sc2cc(OC)ccc21. The summed E-state index contributed by atoms with van der Waals surface area (Å²) >= 11 is 1.36. The van der Waals surface area contributed by atoms with Crippen molar-refractivity contribution in [2.24, 2.45) is 0 Å². The predicted molar refractivity (Wildman–Crippen MR) is 105 cm³/mol. The lowest BCUT2D eigenvalue weighted by Crippen LogP contribution is -2.24. The molecule has 0 amide bonds. The van der Waals surface area contributed by atoms with Crippen LogP contribution in [0.15, 0.2) is 79.3 Å². The largest absolute Gasteiger partial charge is 0.497 e. The normalized spacial score (nSPS) is 12.8. The Hall–Kier alpha value is -3.19. The molecule has 3 heterocycles. The molecule has 0 atom stereocenters. The molecule has 0 fully saturated rings. The van der Waals surface area contributed by atoms with E-state index in [9.17, 15) is 9.59 Å².